The van der Waals surface area contributed by atoms with E-state index in [9.17, 15) is 0 Å². The van der Waals surface area contributed by atoms with E-state index in [4.69, 9.17) is 0 Å². The van der Waals surface area contributed by atoms with Crippen molar-refractivity contribution in [2.75, 3.05) is 20.1 Å². The van der Waals surface area contributed by atoms with Crippen molar-refractivity contribution in [3.8, 4) is 0 Å². The van der Waals surface area contributed by atoms with Crippen LogP contribution in [0, 0.1) is 0 Å². The van der Waals surface area contributed by atoms with Crippen LogP contribution in [0.1, 0.15) is 6.92 Å². The zero-order valence-electron chi connectivity index (χ0n) is 8.64. The van der Waals surface area contributed by atoms with Crippen molar-refractivity contribution in [1.29, 1.82) is 0 Å². The van der Waals surface area contributed by atoms with Crippen LogP contribution in [0.5, 0.6) is 0 Å². The Hall–Kier alpha value is -1.72. The molecule has 0 amide bonds. The predicted octanol–water partition coefficient (Wildman–Crippen LogP) is 1.05. The van der Waals surface area contributed by atoms with Crippen molar-refractivity contribution in [1.82, 2.24) is 10.3 Å². The second-order valence-corrected chi connectivity index (χ2v) is 2.46. The van der Waals surface area contributed by atoms with Gasteiger partial charge in [0.1, 0.15) is 5.84 Å². The lowest BCUT2D eigenvalue weighted by Crippen LogP contribution is -2.23. The van der Waals surface area contributed by atoms with Gasteiger partial charge in [-0.3, -0.25) is 5.01 Å². The summed E-state index contributed by atoms with van der Waals surface area (Å²) in [5, 5.41) is 19.3. The van der Waals surface area contributed by atoms with Gasteiger partial charge in [0.2, 0.25) is 0 Å². The molecule has 6 nitrogen and oxygen atoms in total. The summed E-state index contributed by atoms with van der Waals surface area (Å²) < 4.78 is 0. The van der Waals surface area contributed by atoms with E-state index in [1.165, 1.54) is 5.01 Å². The molecule has 0 atom stereocenters. The Morgan fingerprint density at radius 1 is 1.57 bits per heavy atom. The van der Waals surface area contributed by atoms with Crippen molar-refractivity contribution < 1.29 is 0 Å². The monoisotopic (exact) mass is 196 g/mol. The number of rotatable bonds is 6. The molecule has 0 radical (unpaired) electrons. The molecule has 0 saturated heterocycles. The molecular formula is C8H16N6. The van der Waals surface area contributed by atoms with Crippen LogP contribution < -0.4 is 5.32 Å². The van der Waals surface area contributed by atoms with Crippen molar-refractivity contribution >= 4 is 12.6 Å². The fraction of sp³-hybridized carbons (Fsp3) is 0.500. The number of hydrogen-bond acceptors (Lipinski definition) is 4. The molecule has 1 N–H and O–H groups in total. The highest BCUT2D eigenvalue weighted by Crippen LogP contribution is 1.84. The fourth-order valence-electron chi connectivity index (χ4n) is 0.609. The molecule has 6 heteroatoms. The first kappa shape index (κ1) is 12.3. The molecule has 0 fully saturated rings. The molecule has 0 saturated carbocycles. The summed E-state index contributed by atoms with van der Waals surface area (Å²) in [6, 6.07) is 0. The Balaban J connectivity index is 3.55. The molecule has 0 rings (SSSR count). The van der Waals surface area contributed by atoms with Crippen LogP contribution in [-0.4, -0.2) is 37.7 Å². The summed E-state index contributed by atoms with van der Waals surface area (Å²) in [5.74, 6) is 0.715. The van der Waals surface area contributed by atoms with Crippen LogP contribution in [0.4, 0.5) is 0 Å². The minimum Gasteiger partial charge on any atom is -0.370 e. The van der Waals surface area contributed by atoms with Gasteiger partial charge in [0.25, 0.3) is 0 Å². The van der Waals surface area contributed by atoms with Gasteiger partial charge in [-0.15, -0.1) is 5.10 Å². The van der Waals surface area contributed by atoms with Gasteiger partial charge in [0, 0.05) is 26.5 Å². The quantitative estimate of drug-likeness (QED) is 0.227. The van der Waals surface area contributed by atoms with Crippen molar-refractivity contribution in [2.45, 2.75) is 6.92 Å². The summed E-state index contributed by atoms with van der Waals surface area (Å²) in [7, 11) is 1.76. The maximum absolute atomic E-state index is 3.89. The number of nitrogens with one attached hydrogen (secondary N) is 1. The molecule has 0 bridgehead atoms. The van der Waals surface area contributed by atoms with Crippen molar-refractivity contribution in [3.63, 3.8) is 0 Å². The average molecular weight is 196 g/mol. The summed E-state index contributed by atoms with van der Waals surface area (Å²) in [5.41, 5.74) is 0. The van der Waals surface area contributed by atoms with Gasteiger partial charge in [0.05, 0.1) is 6.54 Å². The average Bonchev–Trinajstić information content (AvgIpc) is 2.17. The summed E-state index contributed by atoms with van der Waals surface area (Å²) >= 11 is 0. The van der Waals surface area contributed by atoms with Crippen LogP contribution in [0.2, 0.25) is 0 Å². The fourth-order valence-corrected chi connectivity index (χ4v) is 0.609. The molecule has 0 aliphatic carbocycles. The third-order valence-electron chi connectivity index (χ3n) is 1.28. The second kappa shape index (κ2) is 7.90. The smallest absolute Gasteiger partial charge is 0.121 e. The van der Waals surface area contributed by atoms with Gasteiger partial charge >= 0.3 is 0 Å². The molecule has 0 heterocycles. The standard InChI is InChI=1S/C8H16N6/c1-5-14(4)13-11-7-6-10-8(2)12-9-3/h5H,1,3,6-7H2,2,4H3,(H,10,12)/b13-11-. The minimum absolute atomic E-state index is 0.572. The van der Waals surface area contributed by atoms with Crippen molar-refractivity contribution in [3.05, 3.63) is 12.8 Å². The molecule has 0 aromatic rings. The van der Waals surface area contributed by atoms with Gasteiger partial charge in [-0.1, -0.05) is 11.8 Å². The Labute approximate surface area is 84.1 Å². The number of amidine groups is 1. The van der Waals surface area contributed by atoms with Gasteiger partial charge in [-0.2, -0.15) is 10.2 Å². The van der Waals surface area contributed by atoms with Gasteiger partial charge in [-0.25, -0.2) is 0 Å². The predicted molar refractivity (Wildman–Crippen MR) is 58.3 cm³/mol. The lowest BCUT2D eigenvalue weighted by molar-refractivity contribution is 0.446. The molecule has 14 heavy (non-hydrogen) atoms. The van der Waals surface area contributed by atoms with E-state index in [-0.39, 0.29) is 0 Å². The van der Waals surface area contributed by atoms with E-state index in [1.54, 1.807) is 13.2 Å². The molecule has 0 aliphatic rings. The number of hydrogen-bond donors (Lipinski definition) is 1. The first-order chi connectivity index (χ1) is 6.70. The topological polar surface area (TPSA) is 64.7 Å². The third kappa shape index (κ3) is 6.96. The zero-order chi connectivity index (χ0) is 10.8. The lowest BCUT2D eigenvalue weighted by Gasteiger charge is -2.03. The van der Waals surface area contributed by atoms with Gasteiger partial charge in [0.15, 0.2) is 0 Å². The van der Waals surface area contributed by atoms with Crippen LogP contribution in [0.3, 0.4) is 0 Å². The lowest BCUT2D eigenvalue weighted by atomic mass is 10.6. The zero-order valence-corrected chi connectivity index (χ0v) is 8.64. The summed E-state index contributed by atoms with van der Waals surface area (Å²) in [6.07, 6.45) is 1.57. The molecular weight excluding hydrogens is 180 g/mol. The maximum atomic E-state index is 3.89. The highest BCUT2D eigenvalue weighted by atomic mass is 15.5. The third-order valence-corrected chi connectivity index (χ3v) is 1.28. The van der Waals surface area contributed by atoms with E-state index < -0.39 is 0 Å². The first-order valence-corrected chi connectivity index (χ1v) is 4.17. The first-order valence-electron chi connectivity index (χ1n) is 4.17. The molecule has 0 aliphatic heterocycles. The van der Waals surface area contributed by atoms with E-state index in [0.717, 1.165) is 0 Å². The Kier molecular flexibility index (Phi) is 6.93. The van der Waals surface area contributed by atoms with E-state index in [0.29, 0.717) is 18.9 Å². The van der Waals surface area contributed by atoms with Crippen LogP contribution in [0.15, 0.2) is 33.3 Å². The van der Waals surface area contributed by atoms with Crippen LogP contribution >= 0.6 is 0 Å². The summed E-state index contributed by atoms with van der Waals surface area (Å²) in [4.78, 5) is 0. The maximum Gasteiger partial charge on any atom is 0.121 e. The van der Waals surface area contributed by atoms with E-state index >= 15 is 0 Å². The van der Waals surface area contributed by atoms with E-state index in [2.05, 4.69) is 39.2 Å². The highest BCUT2D eigenvalue weighted by Gasteiger charge is 1.87. The largest absolute Gasteiger partial charge is 0.370 e. The van der Waals surface area contributed by atoms with Gasteiger partial charge in [-0.05, 0) is 6.92 Å². The van der Waals surface area contributed by atoms with Crippen LogP contribution in [0.25, 0.3) is 0 Å². The minimum atomic E-state index is 0.572. The Morgan fingerprint density at radius 3 is 2.86 bits per heavy atom. The number of nitrogens with zero attached hydrogens (tertiary/aromatic N) is 5. The Morgan fingerprint density at radius 2 is 2.29 bits per heavy atom. The normalized spacial score (nSPS) is 11.4. The van der Waals surface area contributed by atoms with Crippen molar-refractivity contribution in [2.24, 2.45) is 20.5 Å². The molecule has 0 aromatic carbocycles. The molecule has 0 spiro atoms. The van der Waals surface area contributed by atoms with E-state index in [1.807, 2.05) is 6.92 Å². The molecule has 0 aromatic heterocycles. The SMILES string of the molecule is C=CN(C)/N=N\CCN/C(C)=N\N=C. The highest BCUT2D eigenvalue weighted by molar-refractivity contribution is 5.79. The Bertz CT molecular complexity index is 232. The van der Waals surface area contributed by atoms with Gasteiger partial charge < -0.3 is 5.32 Å². The molecule has 0 unspecified atom stereocenters. The molecule has 78 valence electrons. The van der Waals surface area contributed by atoms with Crippen LogP contribution in [-0.2, 0) is 0 Å². The summed E-state index contributed by atoms with van der Waals surface area (Å²) in [6.45, 7) is 9.82. The second-order valence-electron chi connectivity index (χ2n) is 2.46.